The van der Waals surface area contributed by atoms with Crippen LogP contribution in [0.5, 0.6) is 5.75 Å². The lowest BCUT2D eigenvalue weighted by Crippen LogP contribution is -2.49. The Balaban J connectivity index is 2.09. The van der Waals surface area contributed by atoms with Crippen molar-refractivity contribution in [3.05, 3.63) is 59.7 Å². The Morgan fingerprint density at radius 2 is 1.83 bits per heavy atom. The largest absolute Gasteiger partial charge is 0.497 e. The highest BCUT2D eigenvalue weighted by Crippen LogP contribution is 2.54. The van der Waals surface area contributed by atoms with E-state index in [-0.39, 0.29) is 18.3 Å². The average Bonchev–Trinajstić information content (AvgIpc) is 2.75. The molecule has 1 amide bonds. The summed E-state index contributed by atoms with van der Waals surface area (Å²) in [5.41, 5.74) is 2.97. The number of carbonyl (C=O) groups is 1. The zero-order valence-corrected chi connectivity index (χ0v) is 16.8. The van der Waals surface area contributed by atoms with E-state index in [9.17, 15) is 22.5 Å². The Morgan fingerprint density at radius 3 is 2.40 bits per heavy atom. The maximum atomic E-state index is 14.0. The number of benzene rings is 2. The number of fused-ring (bicyclic) bond motifs is 1. The van der Waals surface area contributed by atoms with Gasteiger partial charge >= 0.3 is 13.7 Å². The lowest BCUT2D eigenvalue weighted by Gasteiger charge is -2.39. The number of alkyl halides is 3. The van der Waals surface area contributed by atoms with Gasteiger partial charge in [0.15, 0.2) is 6.61 Å². The molecule has 2 aromatic rings. The molecule has 2 aromatic carbocycles. The predicted molar refractivity (Wildman–Crippen MR) is 102 cm³/mol. The van der Waals surface area contributed by atoms with Crippen LogP contribution in [0, 0.1) is 0 Å². The lowest BCUT2D eigenvalue weighted by atomic mass is 9.95. The second-order valence-electron chi connectivity index (χ2n) is 6.67. The SMILES string of the molecule is COc1ccc(P(=O)(OCC(F)(F)F)N2Cc3ccccc3C[C@@H]2C(=O)NO)cc1. The molecule has 2 N–H and O–H groups in total. The first-order chi connectivity index (χ1) is 14.2. The number of halogens is 3. The molecular weight excluding hydrogens is 424 g/mol. The summed E-state index contributed by atoms with van der Waals surface area (Å²) in [6.07, 6.45) is -4.69. The topological polar surface area (TPSA) is 88.1 Å². The number of amides is 1. The van der Waals surface area contributed by atoms with Crippen LogP contribution in [-0.2, 0) is 26.8 Å². The third kappa shape index (κ3) is 4.67. The minimum Gasteiger partial charge on any atom is -0.497 e. The molecule has 1 unspecified atom stereocenters. The highest BCUT2D eigenvalue weighted by Gasteiger charge is 2.46. The van der Waals surface area contributed by atoms with Crippen molar-refractivity contribution in [3.63, 3.8) is 0 Å². The van der Waals surface area contributed by atoms with Crippen LogP contribution >= 0.6 is 7.52 Å². The molecule has 1 aliphatic rings. The number of hydrogen-bond acceptors (Lipinski definition) is 5. The molecule has 0 fully saturated rings. The lowest BCUT2D eigenvalue weighted by molar-refractivity contribution is -0.154. The van der Waals surface area contributed by atoms with E-state index in [2.05, 4.69) is 0 Å². The summed E-state index contributed by atoms with van der Waals surface area (Å²) >= 11 is 0. The average molecular weight is 444 g/mol. The minimum absolute atomic E-state index is 0.0253. The van der Waals surface area contributed by atoms with Gasteiger partial charge in [0.05, 0.1) is 12.4 Å². The van der Waals surface area contributed by atoms with E-state index in [1.165, 1.54) is 36.9 Å². The second-order valence-corrected chi connectivity index (χ2v) is 9.00. The molecule has 1 heterocycles. The Hall–Kier alpha value is -2.39. The number of nitrogens with one attached hydrogen (secondary N) is 1. The summed E-state index contributed by atoms with van der Waals surface area (Å²) in [5, 5.41) is 9.14. The Kier molecular flexibility index (Phi) is 6.52. The molecule has 0 aliphatic carbocycles. The smallest absolute Gasteiger partial charge is 0.412 e. The highest BCUT2D eigenvalue weighted by molar-refractivity contribution is 7.64. The summed E-state index contributed by atoms with van der Waals surface area (Å²) in [6.45, 7) is -1.86. The predicted octanol–water partition coefficient (Wildman–Crippen LogP) is 3.02. The molecule has 0 aromatic heterocycles. The summed E-state index contributed by atoms with van der Waals surface area (Å²) < 4.78 is 63.9. The number of hydrogen-bond donors (Lipinski definition) is 2. The first kappa shape index (κ1) is 22.3. The van der Waals surface area contributed by atoms with Crippen molar-refractivity contribution in [1.29, 1.82) is 0 Å². The fourth-order valence-corrected chi connectivity index (χ4v) is 5.65. The fraction of sp³-hybridized carbons (Fsp3) is 0.316. The van der Waals surface area contributed by atoms with E-state index < -0.39 is 32.3 Å². The summed E-state index contributed by atoms with van der Waals surface area (Å²) in [6, 6.07) is 11.3. The van der Waals surface area contributed by atoms with Crippen LogP contribution in [0.3, 0.4) is 0 Å². The van der Waals surface area contributed by atoms with Gasteiger partial charge in [-0.3, -0.25) is 14.6 Å². The van der Waals surface area contributed by atoms with E-state index in [0.29, 0.717) is 11.3 Å². The Bertz CT molecular complexity index is 952. The molecule has 0 spiro atoms. The second kappa shape index (κ2) is 8.77. The number of methoxy groups -OCH3 is 1. The molecular formula is C19H20F3N2O5P. The van der Waals surface area contributed by atoms with Crippen molar-refractivity contribution in [2.45, 2.75) is 25.2 Å². The van der Waals surface area contributed by atoms with E-state index in [4.69, 9.17) is 14.5 Å². The van der Waals surface area contributed by atoms with Crippen LogP contribution in [-0.4, -0.2) is 41.7 Å². The van der Waals surface area contributed by atoms with Crippen molar-refractivity contribution in [2.75, 3.05) is 13.7 Å². The van der Waals surface area contributed by atoms with Gasteiger partial charge in [0.25, 0.3) is 5.91 Å². The molecule has 11 heteroatoms. The van der Waals surface area contributed by atoms with Crippen LogP contribution in [0.4, 0.5) is 13.2 Å². The van der Waals surface area contributed by atoms with E-state index >= 15 is 0 Å². The third-order valence-electron chi connectivity index (χ3n) is 4.78. The summed E-state index contributed by atoms with van der Waals surface area (Å²) in [4.78, 5) is 12.3. The standard InChI is InChI=1S/C19H20F3N2O5P/c1-28-15-6-8-16(9-7-15)30(27,29-12-19(20,21)22)24-11-14-5-3-2-4-13(14)10-17(24)18(25)23-26/h2-9,17,26H,10-12H2,1H3,(H,23,25)/t17-,30?/m1/s1. The van der Waals surface area contributed by atoms with Gasteiger partial charge < -0.3 is 9.26 Å². The van der Waals surface area contributed by atoms with Crippen molar-refractivity contribution in [1.82, 2.24) is 10.2 Å². The number of ether oxygens (including phenoxy) is 1. The monoisotopic (exact) mass is 444 g/mol. The van der Waals surface area contributed by atoms with Crippen LogP contribution in [0.2, 0.25) is 0 Å². The molecule has 0 radical (unpaired) electrons. The first-order valence-electron chi connectivity index (χ1n) is 8.92. The van der Waals surface area contributed by atoms with Gasteiger partial charge in [-0.2, -0.15) is 13.2 Å². The van der Waals surface area contributed by atoms with Crippen LogP contribution in [0.25, 0.3) is 0 Å². The van der Waals surface area contributed by atoms with Crippen molar-refractivity contribution >= 4 is 18.7 Å². The number of hydroxylamine groups is 1. The molecule has 0 saturated carbocycles. The Morgan fingerprint density at radius 1 is 1.20 bits per heavy atom. The zero-order chi connectivity index (χ0) is 21.9. The normalized spacial score (nSPS) is 18.9. The molecule has 30 heavy (non-hydrogen) atoms. The van der Waals surface area contributed by atoms with Gasteiger partial charge in [-0.15, -0.1) is 0 Å². The van der Waals surface area contributed by atoms with Gasteiger partial charge in [0.1, 0.15) is 11.8 Å². The van der Waals surface area contributed by atoms with Gasteiger partial charge in [0, 0.05) is 6.54 Å². The quantitative estimate of drug-likeness (QED) is 0.405. The summed E-state index contributed by atoms with van der Waals surface area (Å²) in [7, 11) is -2.95. The Labute approximate surface area is 170 Å². The van der Waals surface area contributed by atoms with Gasteiger partial charge in [-0.25, -0.2) is 10.2 Å². The van der Waals surface area contributed by atoms with Gasteiger partial charge in [-0.05, 0) is 41.8 Å². The van der Waals surface area contributed by atoms with Gasteiger partial charge in [-0.1, -0.05) is 24.3 Å². The van der Waals surface area contributed by atoms with E-state index in [1.54, 1.807) is 24.3 Å². The third-order valence-corrected chi connectivity index (χ3v) is 7.30. The highest BCUT2D eigenvalue weighted by atomic mass is 31.2. The van der Waals surface area contributed by atoms with E-state index in [1.807, 2.05) is 0 Å². The number of nitrogens with zero attached hydrogens (tertiary/aromatic N) is 1. The molecule has 7 nitrogen and oxygen atoms in total. The summed E-state index contributed by atoms with van der Waals surface area (Å²) in [5.74, 6) is -0.483. The number of carbonyl (C=O) groups excluding carboxylic acids is 1. The minimum atomic E-state index is -4.73. The van der Waals surface area contributed by atoms with E-state index in [0.717, 1.165) is 10.2 Å². The molecule has 0 saturated heterocycles. The molecule has 162 valence electrons. The maximum Gasteiger partial charge on any atom is 0.412 e. The van der Waals surface area contributed by atoms with Crippen molar-refractivity contribution in [3.8, 4) is 5.75 Å². The van der Waals surface area contributed by atoms with Crippen molar-refractivity contribution < 1.29 is 37.0 Å². The molecule has 3 rings (SSSR count). The van der Waals surface area contributed by atoms with Crippen LogP contribution < -0.4 is 15.5 Å². The zero-order valence-electron chi connectivity index (χ0n) is 15.9. The molecule has 2 atom stereocenters. The fourth-order valence-electron chi connectivity index (χ4n) is 3.32. The maximum absolute atomic E-state index is 14.0. The first-order valence-corrected chi connectivity index (χ1v) is 10.5. The molecule has 1 aliphatic heterocycles. The molecule has 0 bridgehead atoms. The number of rotatable bonds is 6. The van der Waals surface area contributed by atoms with Crippen LogP contribution in [0.15, 0.2) is 48.5 Å². The van der Waals surface area contributed by atoms with Crippen molar-refractivity contribution in [2.24, 2.45) is 0 Å². The van der Waals surface area contributed by atoms with Crippen LogP contribution in [0.1, 0.15) is 11.1 Å². The van der Waals surface area contributed by atoms with Gasteiger partial charge in [0.2, 0.25) is 0 Å².